The van der Waals surface area contributed by atoms with Crippen molar-refractivity contribution in [3.05, 3.63) is 29.8 Å². The van der Waals surface area contributed by atoms with Crippen LogP contribution in [0.5, 0.6) is 0 Å². The smallest absolute Gasteiger partial charge is 0.335 e. The third-order valence-electron chi connectivity index (χ3n) is 2.72. The molecule has 0 aromatic heterocycles. The predicted octanol–water partition coefficient (Wildman–Crippen LogP) is 1.01. The maximum atomic E-state index is 12.0. The number of hydrogen-bond donors (Lipinski definition) is 2. The van der Waals surface area contributed by atoms with Crippen molar-refractivity contribution in [2.24, 2.45) is 0 Å². The second-order valence-electron chi connectivity index (χ2n) is 4.07. The minimum atomic E-state index is -3.84. The predicted molar refractivity (Wildman–Crippen MR) is 72.4 cm³/mol. The molecule has 0 saturated heterocycles. The minimum absolute atomic E-state index is 0.0154. The number of carboxylic acids is 2. The van der Waals surface area contributed by atoms with E-state index < -0.39 is 28.0 Å². The van der Waals surface area contributed by atoms with Crippen LogP contribution in [0.2, 0.25) is 0 Å². The molecule has 0 aliphatic carbocycles. The largest absolute Gasteiger partial charge is 0.480 e. The van der Waals surface area contributed by atoms with Crippen LogP contribution in [0.4, 0.5) is 5.69 Å². The lowest BCUT2D eigenvalue weighted by Crippen LogP contribution is -2.44. The van der Waals surface area contributed by atoms with Crippen LogP contribution in [-0.2, 0) is 14.8 Å². The van der Waals surface area contributed by atoms with Gasteiger partial charge in [-0.15, -0.1) is 0 Å². The number of aromatic carboxylic acids is 1. The molecule has 0 spiro atoms. The Labute approximate surface area is 116 Å². The lowest BCUT2D eigenvalue weighted by molar-refractivity contribution is -0.137. The number of nitrogens with zero attached hydrogens (tertiary/aromatic N) is 1. The van der Waals surface area contributed by atoms with Crippen LogP contribution in [0.3, 0.4) is 0 Å². The highest BCUT2D eigenvalue weighted by molar-refractivity contribution is 7.92. The molecular formula is C12H15NO6S. The number of carboxylic acid groups (broad SMARTS) is 2. The molecule has 110 valence electrons. The molecule has 0 saturated carbocycles. The van der Waals surface area contributed by atoms with Crippen LogP contribution in [-0.4, -0.2) is 42.4 Å². The van der Waals surface area contributed by atoms with Gasteiger partial charge >= 0.3 is 11.9 Å². The zero-order chi connectivity index (χ0) is 15.5. The molecule has 0 heterocycles. The fourth-order valence-electron chi connectivity index (χ4n) is 1.64. The van der Waals surface area contributed by atoms with Crippen LogP contribution in [0.15, 0.2) is 24.3 Å². The Morgan fingerprint density at radius 3 is 2.35 bits per heavy atom. The van der Waals surface area contributed by atoms with Crippen LogP contribution >= 0.6 is 0 Å². The van der Waals surface area contributed by atoms with E-state index in [4.69, 9.17) is 10.2 Å². The van der Waals surface area contributed by atoms with Gasteiger partial charge in [0.25, 0.3) is 0 Å². The summed E-state index contributed by atoms with van der Waals surface area (Å²) in [5.74, 6) is -2.83. The van der Waals surface area contributed by atoms with Crippen LogP contribution in [0, 0.1) is 0 Å². The van der Waals surface area contributed by atoms with E-state index in [0.29, 0.717) is 0 Å². The topological polar surface area (TPSA) is 112 Å². The summed E-state index contributed by atoms with van der Waals surface area (Å²) in [5.41, 5.74) is -0.0990. The van der Waals surface area contributed by atoms with Crippen molar-refractivity contribution in [1.29, 1.82) is 0 Å². The fourth-order valence-corrected chi connectivity index (χ4v) is 2.93. The summed E-state index contributed by atoms with van der Waals surface area (Å²) in [6.45, 7) is 2.61. The Morgan fingerprint density at radius 1 is 1.30 bits per heavy atom. The van der Waals surface area contributed by atoms with Gasteiger partial charge in [0.1, 0.15) is 6.04 Å². The average Bonchev–Trinajstić information content (AvgIpc) is 2.38. The van der Waals surface area contributed by atoms with Crippen molar-refractivity contribution in [1.82, 2.24) is 0 Å². The van der Waals surface area contributed by atoms with Gasteiger partial charge in [-0.2, -0.15) is 0 Å². The van der Waals surface area contributed by atoms with E-state index >= 15 is 0 Å². The summed E-state index contributed by atoms with van der Waals surface area (Å²) in [6.07, 6.45) is 0. The van der Waals surface area contributed by atoms with Crippen molar-refractivity contribution >= 4 is 27.6 Å². The van der Waals surface area contributed by atoms with Crippen molar-refractivity contribution in [2.75, 3.05) is 10.1 Å². The lowest BCUT2D eigenvalue weighted by Gasteiger charge is -2.27. The summed E-state index contributed by atoms with van der Waals surface area (Å²) in [6, 6.07) is 3.83. The summed E-state index contributed by atoms with van der Waals surface area (Å²) in [4.78, 5) is 22.0. The summed E-state index contributed by atoms with van der Waals surface area (Å²) in [5, 5.41) is 17.9. The number of carbonyl (C=O) groups is 2. The van der Waals surface area contributed by atoms with Gasteiger partial charge in [0.05, 0.1) is 17.0 Å². The van der Waals surface area contributed by atoms with Gasteiger partial charge < -0.3 is 10.2 Å². The molecule has 0 amide bonds. The molecule has 0 radical (unpaired) electrons. The highest BCUT2D eigenvalue weighted by Crippen LogP contribution is 2.23. The Kier molecular flexibility index (Phi) is 4.72. The van der Waals surface area contributed by atoms with Crippen molar-refractivity contribution in [3.8, 4) is 0 Å². The van der Waals surface area contributed by atoms with Gasteiger partial charge in [0, 0.05) is 0 Å². The molecule has 1 rings (SSSR count). The number of sulfonamides is 1. The van der Waals surface area contributed by atoms with Gasteiger partial charge in [0.15, 0.2) is 0 Å². The van der Waals surface area contributed by atoms with E-state index in [0.717, 1.165) is 10.4 Å². The molecule has 1 aromatic carbocycles. The molecule has 1 unspecified atom stereocenters. The monoisotopic (exact) mass is 301 g/mol. The minimum Gasteiger partial charge on any atom is -0.480 e. The van der Waals surface area contributed by atoms with Crippen molar-refractivity contribution < 1.29 is 28.2 Å². The molecule has 2 N–H and O–H groups in total. The van der Waals surface area contributed by atoms with Crippen molar-refractivity contribution in [3.63, 3.8) is 0 Å². The second kappa shape index (κ2) is 5.91. The Bertz CT molecular complexity index is 625. The molecule has 0 aliphatic rings. The molecule has 7 nitrogen and oxygen atoms in total. The van der Waals surface area contributed by atoms with Crippen LogP contribution in [0.1, 0.15) is 24.2 Å². The first-order valence-electron chi connectivity index (χ1n) is 5.79. The highest BCUT2D eigenvalue weighted by Gasteiger charge is 2.31. The maximum absolute atomic E-state index is 12.0. The molecule has 20 heavy (non-hydrogen) atoms. The molecule has 1 aromatic rings. The van der Waals surface area contributed by atoms with E-state index in [9.17, 15) is 18.0 Å². The maximum Gasteiger partial charge on any atom is 0.335 e. The zero-order valence-corrected chi connectivity index (χ0v) is 11.8. The van der Waals surface area contributed by atoms with Crippen molar-refractivity contribution in [2.45, 2.75) is 19.9 Å². The third-order valence-corrected chi connectivity index (χ3v) is 4.58. The third kappa shape index (κ3) is 3.27. The van der Waals surface area contributed by atoms with E-state index in [1.54, 1.807) is 0 Å². The number of aliphatic carboxylic acids is 1. The Hall–Kier alpha value is -2.09. The Balaban J connectivity index is 3.42. The molecule has 0 bridgehead atoms. The molecule has 1 atom stereocenters. The first-order chi connectivity index (χ1) is 9.20. The van der Waals surface area contributed by atoms with E-state index in [1.807, 2.05) is 0 Å². The van der Waals surface area contributed by atoms with Gasteiger partial charge in [-0.1, -0.05) is 6.07 Å². The summed E-state index contributed by atoms with van der Waals surface area (Å²) < 4.78 is 24.8. The molecule has 0 fully saturated rings. The highest BCUT2D eigenvalue weighted by atomic mass is 32.2. The van der Waals surface area contributed by atoms with Gasteiger partial charge in [-0.25, -0.2) is 18.0 Å². The van der Waals surface area contributed by atoms with Gasteiger partial charge in [-0.3, -0.25) is 4.31 Å². The second-order valence-corrected chi connectivity index (χ2v) is 6.20. The first-order valence-corrected chi connectivity index (χ1v) is 7.40. The standard InChI is InChI=1S/C12H15NO6S/c1-3-20(18,19)13(8(2)11(14)15)10-6-4-5-9(7-10)12(16)17/h4-8H,3H2,1-2H3,(H,14,15)(H,16,17). The number of rotatable bonds is 6. The lowest BCUT2D eigenvalue weighted by atomic mass is 10.2. The van der Waals surface area contributed by atoms with E-state index in [1.165, 1.54) is 32.0 Å². The number of hydrogen-bond acceptors (Lipinski definition) is 4. The van der Waals surface area contributed by atoms with Crippen LogP contribution in [0.25, 0.3) is 0 Å². The van der Waals surface area contributed by atoms with Gasteiger partial charge in [-0.05, 0) is 32.0 Å². The SMILES string of the molecule is CCS(=O)(=O)N(c1cccc(C(=O)O)c1)C(C)C(=O)O. The van der Waals surface area contributed by atoms with E-state index in [2.05, 4.69) is 0 Å². The molecule has 8 heteroatoms. The Morgan fingerprint density at radius 2 is 1.90 bits per heavy atom. The average molecular weight is 301 g/mol. The normalized spacial score (nSPS) is 12.7. The van der Waals surface area contributed by atoms with Crippen LogP contribution < -0.4 is 4.31 Å². The summed E-state index contributed by atoms with van der Waals surface area (Å²) in [7, 11) is -3.84. The number of benzene rings is 1. The number of anilines is 1. The molecule has 0 aliphatic heterocycles. The zero-order valence-electron chi connectivity index (χ0n) is 11.0. The fraction of sp³-hybridized carbons (Fsp3) is 0.333. The molecular weight excluding hydrogens is 286 g/mol. The quantitative estimate of drug-likeness (QED) is 0.811. The van der Waals surface area contributed by atoms with E-state index in [-0.39, 0.29) is 17.0 Å². The summed E-state index contributed by atoms with van der Waals surface area (Å²) >= 11 is 0. The van der Waals surface area contributed by atoms with Gasteiger partial charge in [0.2, 0.25) is 10.0 Å². The first kappa shape index (κ1) is 16.0.